The van der Waals surface area contributed by atoms with Crippen molar-refractivity contribution in [3.05, 3.63) is 47.2 Å². The molecule has 24 heavy (non-hydrogen) atoms. The van der Waals surface area contributed by atoms with Gasteiger partial charge in [-0.2, -0.15) is 0 Å². The summed E-state index contributed by atoms with van der Waals surface area (Å²) in [5, 5.41) is 11.6. The van der Waals surface area contributed by atoms with Crippen LogP contribution in [-0.2, 0) is 20.8 Å². The highest BCUT2D eigenvalue weighted by Gasteiger charge is 2.53. The molecule has 0 aromatic heterocycles. The lowest BCUT2D eigenvalue weighted by Crippen LogP contribution is -2.70. The van der Waals surface area contributed by atoms with Crippen molar-refractivity contribution in [1.82, 2.24) is 10.2 Å². The van der Waals surface area contributed by atoms with E-state index in [1.54, 1.807) is 0 Å². The van der Waals surface area contributed by atoms with Gasteiger partial charge in [0.05, 0.1) is 6.42 Å². The highest BCUT2D eigenvalue weighted by Crippen LogP contribution is 2.40. The second-order valence-electron chi connectivity index (χ2n) is 5.51. The number of hydrogen-bond acceptors (Lipinski definition) is 4. The van der Waals surface area contributed by atoms with Crippen molar-refractivity contribution in [2.75, 3.05) is 11.6 Å². The molecule has 0 saturated carbocycles. The van der Waals surface area contributed by atoms with Crippen LogP contribution in [0.3, 0.4) is 0 Å². The van der Waals surface area contributed by atoms with E-state index in [-0.39, 0.29) is 23.9 Å². The van der Waals surface area contributed by atoms with Crippen LogP contribution < -0.4 is 5.32 Å². The fraction of sp³-hybridized carbons (Fsp3) is 0.312. The molecule has 6 nitrogen and oxygen atoms in total. The van der Waals surface area contributed by atoms with Gasteiger partial charge in [0.1, 0.15) is 17.1 Å². The van der Waals surface area contributed by atoms with Gasteiger partial charge in [-0.05, 0) is 11.1 Å². The number of β-lactam (4-membered cyclic amide) rings is 1. The standard InChI is InChI=1S/C16H15ClN2O4S/c17-7-10-8-24-15-12(14(21)19(15)13(10)16(22)23)18-11(20)6-9-4-2-1-3-5-9/h1-5,12,15H,6-8H2,(H,18,20)(H,22,23)/t12?,15-/m0/s1. The van der Waals surface area contributed by atoms with E-state index < -0.39 is 23.3 Å². The number of nitrogens with zero attached hydrogens (tertiary/aromatic N) is 1. The molecule has 2 amide bonds. The molecule has 1 unspecified atom stereocenters. The molecule has 3 rings (SSSR count). The highest BCUT2D eigenvalue weighted by atomic mass is 35.5. The smallest absolute Gasteiger partial charge is 0.352 e. The van der Waals surface area contributed by atoms with Crippen molar-refractivity contribution in [2.24, 2.45) is 0 Å². The van der Waals surface area contributed by atoms with E-state index in [1.165, 1.54) is 16.7 Å². The van der Waals surface area contributed by atoms with Gasteiger partial charge in [0.25, 0.3) is 5.91 Å². The zero-order chi connectivity index (χ0) is 17.3. The number of fused-ring (bicyclic) bond motifs is 1. The highest BCUT2D eigenvalue weighted by molar-refractivity contribution is 8.00. The first-order valence-electron chi connectivity index (χ1n) is 7.32. The summed E-state index contributed by atoms with van der Waals surface area (Å²) in [6.07, 6.45) is 0.177. The van der Waals surface area contributed by atoms with E-state index in [4.69, 9.17) is 11.6 Å². The average molecular weight is 367 g/mol. The summed E-state index contributed by atoms with van der Waals surface area (Å²) in [5.74, 6) is -1.34. The zero-order valence-electron chi connectivity index (χ0n) is 12.6. The van der Waals surface area contributed by atoms with Crippen LogP contribution in [0.5, 0.6) is 0 Å². The topological polar surface area (TPSA) is 86.7 Å². The van der Waals surface area contributed by atoms with Crippen LogP contribution >= 0.6 is 23.4 Å². The van der Waals surface area contributed by atoms with Crippen molar-refractivity contribution >= 4 is 41.1 Å². The summed E-state index contributed by atoms with van der Waals surface area (Å²) in [5.41, 5.74) is 1.32. The van der Waals surface area contributed by atoms with Gasteiger partial charge in [-0.25, -0.2) is 4.79 Å². The average Bonchev–Trinajstić information content (AvgIpc) is 2.58. The molecule has 8 heteroatoms. The molecule has 1 aromatic carbocycles. The van der Waals surface area contributed by atoms with Crippen molar-refractivity contribution in [2.45, 2.75) is 17.8 Å². The third-order valence-electron chi connectivity index (χ3n) is 3.94. The minimum Gasteiger partial charge on any atom is -0.477 e. The predicted octanol–water partition coefficient (Wildman–Crippen LogP) is 1.21. The summed E-state index contributed by atoms with van der Waals surface area (Å²) in [7, 11) is 0. The molecule has 2 aliphatic heterocycles. The lowest BCUT2D eigenvalue weighted by Gasteiger charge is -2.49. The number of hydrogen-bond donors (Lipinski definition) is 2. The first-order chi connectivity index (χ1) is 11.5. The molecule has 2 heterocycles. The van der Waals surface area contributed by atoms with Crippen LogP contribution in [0.2, 0.25) is 0 Å². The number of thioether (sulfide) groups is 1. The van der Waals surface area contributed by atoms with Crippen LogP contribution in [0.25, 0.3) is 0 Å². The molecule has 1 saturated heterocycles. The maximum atomic E-state index is 12.3. The van der Waals surface area contributed by atoms with Crippen molar-refractivity contribution in [3.8, 4) is 0 Å². The van der Waals surface area contributed by atoms with Gasteiger partial charge in [0.15, 0.2) is 0 Å². The van der Waals surface area contributed by atoms with Crippen LogP contribution in [0.15, 0.2) is 41.6 Å². The maximum Gasteiger partial charge on any atom is 0.352 e. The third kappa shape index (κ3) is 3.01. The molecular weight excluding hydrogens is 352 g/mol. The van der Waals surface area contributed by atoms with Gasteiger partial charge in [-0.1, -0.05) is 30.3 Å². The molecule has 0 bridgehead atoms. The number of nitrogens with one attached hydrogen (secondary N) is 1. The van der Waals surface area contributed by atoms with Gasteiger partial charge in [0, 0.05) is 11.6 Å². The minimum atomic E-state index is -1.17. The SMILES string of the molecule is O=C(Cc1ccccc1)NC1C(=O)N2C(C(=O)O)=C(CCl)CS[C@@H]12. The first-order valence-corrected chi connectivity index (χ1v) is 8.90. The number of carbonyl (C=O) groups is 3. The van der Waals surface area contributed by atoms with E-state index in [1.807, 2.05) is 30.3 Å². The Hall–Kier alpha value is -1.99. The summed E-state index contributed by atoms with van der Waals surface area (Å²) in [4.78, 5) is 37.1. The van der Waals surface area contributed by atoms with Gasteiger partial charge in [0.2, 0.25) is 5.91 Å². The molecule has 1 fully saturated rings. The lowest BCUT2D eigenvalue weighted by molar-refractivity contribution is -0.150. The molecular formula is C16H15ClN2O4S. The maximum absolute atomic E-state index is 12.3. The van der Waals surface area contributed by atoms with E-state index in [0.717, 1.165) is 5.56 Å². The van der Waals surface area contributed by atoms with Crippen molar-refractivity contribution in [3.63, 3.8) is 0 Å². The number of aliphatic carboxylic acids is 1. The largest absolute Gasteiger partial charge is 0.477 e. The monoisotopic (exact) mass is 366 g/mol. The van der Waals surface area contributed by atoms with Crippen molar-refractivity contribution in [1.29, 1.82) is 0 Å². The second-order valence-corrected chi connectivity index (χ2v) is 6.88. The molecule has 2 atom stereocenters. The van der Waals surface area contributed by atoms with Gasteiger partial charge in [-0.15, -0.1) is 23.4 Å². The van der Waals surface area contributed by atoms with E-state index >= 15 is 0 Å². The number of alkyl halides is 1. The second kappa shape index (κ2) is 6.86. The summed E-state index contributed by atoms with van der Waals surface area (Å²) < 4.78 is 0. The molecule has 0 aliphatic carbocycles. The molecule has 1 aromatic rings. The van der Waals surface area contributed by atoms with Gasteiger partial charge < -0.3 is 10.4 Å². The first kappa shape index (κ1) is 16.9. The lowest BCUT2D eigenvalue weighted by atomic mass is 10.0. The normalized spacial score (nSPS) is 22.7. The number of carboxylic acid groups (broad SMARTS) is 1. The number of benzene rings is 1. The van der Waals surface area contributed by atoms with Crippen LogP contribution in [-0.4, -0.2) is 50.8 Å². The Kier molecular flexibility index (Phi) is 4.82. The number of rotatable bonds is 5. The third-order valence-corrected chi connectivity index (χ3v) is 5.60. The Morgan fingerprint density at radius 3 is 2.67 bits per heavy atom. The molecule has 2 N–H and O–H groups in total. The number of halogens is 1. The van der Waals surface area contributed by atoms with Gasteiger partial charge in [-0.3, -0.25) is 14.5 Å². The fourth-order valence-electron chi connectivity index (χ4n) is 2.79. The van der Waals surface area contributed by atoms with Crippen LogP contribution in [0.4, 0.5) is 0 Å². The van der Waals surface area contributed by atoms with E-state index in [9.17, 15) is 19.5 Å². The molecule has 2 aliphatic rings. The Morgan fingerprint density at radius 2 is 2.04 bits per heavy atom. The summed E-state index contributed by atoms with van der Waals surface area (Å²) in [6, 6.07) is 8.52. The Labute approximate surface area is 147 Å². The summed E-state index contributed by atoms with van der Waals surface area (Å²) >= 11 is 7.18. The number of carboxylic acids is 1. The number of carbonyl (C=O) groups excluding carboxylic acids is 2. The molecule has 0 radical (unpaired) electrons. The Morgan fingerprint density at radius 1 is 1.33 bits per heavy atom. The molecule has 0 spiro atoms. The number of amides is 2. The van der Waals surface area contributed by atoms with E-state index in [0.29, 0.717) is 11.3 Å². The quantitative estimate of drug-likeness (QED) is 0.604. The zero-order valence-corrected chi connectivity index (χ0v) is 14.1. The minimum absolute atomic E-state index is 0.0488. The fourth-order valence-corrected chi connectivity index (χ4v) is 4.47. The van der Waals surface area contributed by atoms with Crippen molar-refractivity contribution < 1.29 is 19.5 Å². The van der Waals surface area contributed by atoms with E-state index in [2.05, 4.69) is 5.32 Å². The Balaban J connectivity index is 1.69. The Bertz CT molecular complexity index is 722. The van der Waals surface area contributed by atoms with Gasteiger partial charge >= 0.3 is 5.97 Å². The van der Waals surface area contributed by atoms with Crippen LogP contribution in [0.1, 0.15) is 5.56 Å². The molecule has 126 valence electrons. The van der Waals surface area contributed by atoms with Crippen LogP contribution in [0, 0.1) is 0 Å². The summed E-state index contributed by atoms with van der Waals surface area (Å²) in [6.45, 7) is 0. The predicted molar refractivity (Wildman–Crippen MR) is 90.6 cm³/mol.